The minimum atomic E-state index is -3.47. The normalized spacial score (nSPS) is 16.1. The molecule has 1 saturated heterocycles. The number of nitrogens with one attached hydrogen (secondary N) is 1. The second kappa shape index (κ2) is 7.73. The molecule has 0 aliphatic carbocycles. The second-order valence-electron chi connectivity index (χ2n) is 6.99. The van der Waals surface area contributed by atoms with Crippen LogP contribution < -0.4 is 5.32 Å². The summed E-state index contributed by atoms with van der Waals surface area (Å²) in [7, 11) is -3.47. The molecule has 0 atom stereocenters. The Bertz CT molecular complexity index is 1080. The fourth-order valence-corrected chi connectivity index (χ4v) is 5.16. The zero-order valence-corrected chi connectivity index (χ0v) is 16.2. The molecule has 4 rings (SSSR count). The van der Waals surface area contributed by atoms with E-state index in [1.165, 1.54) is 4.31 Å². The maximum atomic E-state index is 12.8. The zero-order valence-electron chi connectivity index (χ0n) is 15.4. The van der Waals surface area contributed by atoms with Gasteiger partial charge in [-0.1, -0.05) is 54.6 Å². The number of amides is 1. The molecule has 144 valence electrons. The lowest BCUT2D eigenvalue weighted by Gasteiger charge is -2.31. The van der Waals surface area contributed by atoms with Crippen molar-refractivity contribution >= 4 is 26.7 Å². The van der Waals surface area contributed by atoms with E-state index in [0.29, 0.717) is 36.4 Å². The highest BCUT2D eigenvalue weighted by Crippen LogP contribution is 2.22. The van der Waals surface area contributed by atoms with Gasteiger partial charge in [0.2, 0.25) is 10.0 Å². The van der Waals surface area contributed by atoms with Crippen molar-refractivity contribution in [2.45, 2.75) is 23.8 Å². The number of carbonyl (C=O) groups is 1. The van der Waals surface area contributed by atoms with Crippen molar-refractivity contribution in [3.63, 3.8) is 0 Å². The van der Waals surface area contributed by atoms with Crippen molar-refractivity contribution < 1.29 is 13.2 Å². The molecule has 1 N–H and O–H groups in total. The smallest absolute Gasteiger partial charge is 0.252 e. The van der Waals surface area contributed by atoms with Gasteiger partial charge in [0.1, 0.15) is 0 Å². The van der Waals surface area contributed by atoms with Gasteiger partial charge in [0.25, 0.3) is 5.91 Å². The molecular weight excluding hydrogens is 372 g/mol. The minimum absolute atomic E-state index is 0.0336. The Morgan fingerprint density at radius 2 is 1.50 bits per heavy atom. The van der Waals surface area contributed by atoms with Gasteiger partial charge >= 0.3 is 0 Å². The number of carbonyl (C=O) groups excluding carboxylic acids is 1. The van der Waals surface area contributed by atoms with Gasteiger partial charge in [0.05, 0.1) is 4.90 Å². The third kappa shape index (κ3) is 3.66. The van der Waals surface area contributed by atoms with Gasteiger partial charge in [-0.2, -0.15) is 4.31 Å². The molecule has 1 heterocycles. The lowest BCUT2D eigenvalue weighted by molar-refractivity contribution is 0.0925. The summed E-state index contributed by atoms with van der Waals surface area (Å²) >= 11 is 0. The largest absolute Gasteiger partial charge is 0.349 e. The molecular formula is C22H22N2O3S. The number of nitrogens with zero attached hydrogens (tertiary/aromatic N) is 1. The van der Waals surface area contributed by atoms with Crippen LogP contribution in [0.5, 0.6) is 0 Å². The predicted molar refractivity (Wildman–Crippen MR) is 110 cm³/mol. The summed E-state index contributed by atoms with van der Waals surface area (Å²) in [6, 6.07) is 21.9. The Balaban J connectivity index is 1.43. The Morgan fingerprint density at radius 3 is 2.25 bits per heavy atom. The van der Waals surface area contributed by atoms with Crippen molar-refractivity contribution in [3.05, 3.63) is 78.4 Å². The monoisotopic (exact) mass is 394 g/mol. The van der Waals surface area contributed by atoms with Crippen molar-refractivity contribution in [3.8, 4) is 0 Å². The molecule has 0 unspecified atom stereocenters. The number of piperidine rings is 1. The number of hydrogen-bond donors (Lipinski definition) is 1. The summed E-state index contributed by atoms with van der Waals surface area (Å²) < 4.78 is 26.9. The molecule has 0 spiro atoms. The van der Waals surface area contributed by atoms with Gasteiger partial charge in [-0.3, -0.25) is 4.79 Å². The molecule has 1 aliphatic heterocycles. The number of sulfonamides is 1. The highest BCUT2D eigenvalue weighted by atomic mass is 32.2. The minimum Gasteiger partial charge on any atom is -0.349 e. The fourth-order valence-electron chi connectivity index (χ4n) is 3.67. The summed E-state index contributed by atoms with van der Waals surface area (Å²) in [5.41, 5.74) is 0.650. The molecule has 6 heteroatoms. The highest BCUT2D eigenvalue weighted by Gasteiger charge is 2.30. The summed E-state index contributed by atoms with van der Waals surface area (Å²) in [6.45, 7) is 0.801. The van der Waals surface area contributed by atoms with E-state index in [2.05, 4.69) is 5.32 Å². The van der Waals surface area contributed by atoms with Crippen molar-refractivity contribution in [2.75, 3.05) is 13.1 Å². The van der Waals surface area contributed by atoms with Crippen molar-refractivity contribution in [1.82, 2.24) is 9.62 Å². The van der Waals surface area contributed by atoms with Crippen LogP contribution in [0, 0.1) is 0 Å². The summed E-state index contributed by atoms with van der Waals surface area (Å²) in [5.74, 6) is -0.110. The quantitative estimate of drug-likeness (QED) is 0.737. The maximum absolute atomic E-state index is 12.8. The van der Waals surface area contributed by atoms with Crippen molar-refractivity contribution in [1.29, 1.82) is 0 Å². The van der Waals surface area contributed by atoms with E-state index < -0.39 is 10.0 Å². The Hall–Kier alpha value is -2.70. The first-order valence-corrected chi connectivity index (χ1v) is 10.8. The fraction of sp³-hybridized carbons (Fsp3) is 0.227. The number of fused-ring (bicyclic) bond motifs is 1. The van der Waals surface area contributed by atoms with Crippen molar-refractivity contribution in [2.24, 2.45) is 0 Å². The molecule has 1 fully saturated rings. The summed E-state index contributed by atoms with van der Waals surface area (Å²) in [4.78, 5) is 13.1. The van der Waals surface area contributed by atoms with Gasteiger partial charge in [0, 0.05) is 24.7 Å². The summed E-state index contributed by atoms with van der Waals surface area (Å²) in [5, 5.41) is 5.03. The van der Waals surface area contributed by atoms with E-state index in [1.807, 2.05) is 42.5 Å². The molecule has 1 amide bonds. The van der Waals surface area contributed by atoms with Gasteiger partial charge in [-0.15, -0.1) is 0 Å². The lowest BCUT2D eigenvalue weighted by atomic mass is 10.0. The van der Waals surface area contributed by atoms with Crippen LogP contribution in [0.2, 0.25) is 0 Å². The topological polar surface area (TPSA) is 66.5 Å². The number of benzene rings is 3. The Kier molecular flexibility index (Phi) is 5.15. The van der Waals surface area contributed by atoms with Gasteiger partial charge in [-0.05, 0) is 41.8 Å². The third-order valence-corrected chi connectivity index (χ3v) is 7.12. The van der Waals surface area contributed by atoms with Crippen LogP contribution in [0.1, 0.15) is 23.2 Å². The molecule has 3 aromatic rings. The maximum Gasteiger partial charge on any atom is 0.252 e. The first kappa shape index (κ1) is 18.7. The first-order valence-electron chi connectivity index (χ1n) is 9.39. The molecule has 1 aliphatic rings. The van der Waals surface area contributed by atoms with Crippen LogP contribution in [-0.2, 0) is 10.0 Å². The van der Waals surface area contributed by atoms with Crippen LogP contribution in [0.4, 0.5) is 0 Å². The Morgan fingerprint density at radius 1 is 0.857 bits per heavy atom. The standard InChI is InChI=1S/C22H22N2O3S/c25-22(21-12-6-8-17-7-4-5-11-20(17)21)23-18-13-15-24(16-14-18)28(26,27)19-9-2-1-3-10-19/h1-12,18H,13-16H2,(H,23,25). The first-order chi connectivity index (χ1) is 13.6. The van der Waals surface area contributed by atoms with Gasteiger partial charge < -0.3 is 5.32 Å². The number of hydrogen-bond acceptors (Lipinski definition) is 3. The van der Waals surface area contributed by atoms with E-state index in [4.69, 9.17) is 0 Å². The average molecular weight is 394 g/mol. The lowest BCUT2D eigenvalue weighted by Crippen LogP contribution is -2.46. The average Bonchev–Trinajstić information content (AvgIpc) is 2.74. The van der Waals surface area contributed by atoms with Crippen LogP contribution in [0.25, 0.3) is 10.8 Å². The molecule has 3 aromatic carbocycles. The van der Waals surface area contributed by atoms with Gasteiger partial charge in [0.15, 0.2) is 0 Å². The van der Waals surface area contributed by atoms with E-state index in [-0.39, 0.29) is 11.9 Å². The van der Waals surface area contributed by atoms with Crippen LogP contribution in [0.3, 0.4) is 0 Å². The van der Waals surface area contributed by atoms with Crippen LogP contribution in [0.15, 0.2) is 77.7 Å². The van der Waals surface area contributed by atoms with Gasteiger partial charge in [-0.25, -0.2) is 8.42 Å². The molecule has 5 nitrogen and oxygen atoms in total. The van der Waals surface area contributed by atoms with Crippen LogP contribution >= 0.6 is 0 Å². The molecule has 0 aromatic heterocycles. The molecule has 0 radical (unpaired) electrons. The molecule has 28 heavy (non-hydrogen) atoms. The van der Waals surface area contributed by atoms with E-state index >= 15 is 0 Å². The SMILES string of the molecule is O=C(NC1CCN(S(=O)(=O)c2ccccc2)CC1)c1cccc2ccccc12. The number of rotatable bonds is 4. The van der Waals surface area contributed by atoms with Crippen LogP contribution in [-0.4, -0.2) is 37.8 Å². The Labute approximate surface area is 165 Å². The van der Waals surface area contributed by atoms with E-state index in [1.54, 1.807) is 30.3 Å². The summed E-state index contributed by atoms with van der Waals surface area (Å²) in [6.07, 6.45) is 1.20. The molecule has 0 bridgehead atoms. The van der Waals surface area contributed by atoms with E-state index in [9.17, 15) is 13.2 Å². The van der Waals surface area contributed by atoms with E-state index in [0.717, 1.165) is 10.8 Å². The zero-order chi connectivity index (χ0) is 19.6. The highest BCUT2D eigenvalue weighted by molar-refractivity contribution is 7.89. The predicted octanol–water partition coefficient (Wildman–Crippen LogP) is 3.42. The molecule has 0 saturated carbocycles. The third-order valence-electron chi connectivity index (χ3n) is 5.20. The second-order valence-corrected chi connectivity index (χ2v) is 8.93.